The number of piperidine rings is 2. The van der Waals surface area contributed by atoms with Gasteiger partial charge in [0.05, 0.1) is 0 Å². The van der Waals surface area contributed by atoms with Crippen molar-refractivity contribution in [2.45, 2.75) is 50.7 Å². The zero-order valence-electron chi connectivity index (χ0n) is 19.4. The lowest BCUT2D eigenvalue weighted by atomic mass is 9.87. The third-order valence-corrected chi connectivity index (χ3v) is 7.74. The average Bonchev–Trinajstić information content (AvgIpc) is 3.45. The third-order valence-electron chi connectivity index (χ3n) is 7.74. The predicted octanol–water partition coefficient (Wildman–Crippen LogP) is 3.45. The number of fused-ring (bicyclic) bond motifs is 2. The summed E-state index contributed by atoms with van der Waals surface area (Å²) in [6, 6.07) is 10.9. The number of H-pyrrole nitrogens is 1. The number of nitrogens with one attached hydrogen (secondary N) is 2. The van der Waals surface area contributed by atoms with E-state index in [0.717, 1.165) is 38.0 Å². The molecule has 0 spiro atoms. The first-order valence-electron chi connectivity index (χ1n) is 12.2. The van der Waals surface area contributed by atoms with Crippen LogP contribution in [0.3, 0.4) is 0 Å². The Bertz CT molecular complexity index is 1340. The quantitative estimate of drug-likeness (QED) is 0.568. The monoisotopic (exact) mass is 474 g/mol. The molecule has 0 bridgehead atoms. The van der Waals surface area contributed by atoms with E-state index in [2.05, 4.69) is 39.5 Å². The molecule has 2 aromatic carbocycles. The minimum atomic E-state index is -0.688. The molecule has 3 aliphatic heterocycles. The first kappa shape index (κ1) is 22.0. The zero-order chi connectivity index (χ0) is 24.1. The molecule has 3 aromatic rings. The van der Waals surface area contributed by atoms with Crippen LogP contribution in [0.1, 0.15) is 58.6 Å². The summed E-state index contributed by atoms with van der Waals surface area (Å²) in [7, 11) is 0. The van der Waals surface area contributed by atoms with Crippen LogP contribution in [0.25, 0.3) is 10.9 Å². The normalized spacial score (nSPS) is 21.6. The van der Waals surface area contributed by atoms with Gasteiger partial charge >= 0.3 is 0 Å². The summed E-state index contributed by atoms with van der Waals surface area (Å²) in [5, 5.41) is 3.51. The van der Waals surface area contributed by atoms with Gasteiger partial charge in [-0.15, -0.1) is 0 Å². The molecule has 1 atom stereocenters. The standard InChI is InChI=1S/C27H27FN4O3/c28-22-13-21-19(15-32(27(21)35)23-4-5-24(33)30-26(23)34)12-20(22)16-7-10-31(11-8-16)14-18-3-1-2-17-6-9-29-25(17)18/h1-3,6,9,12-13,16,23,29H,4-5,7-8,10-11,14-15H2,(H,30,33,34). The molecule has 3 amide bonds. The molecule has 35 heavy (non-hydrogen) atoms. The highest BCUT2D eigenvalue weighted by Crippen LogP contribution is 2.36. The first-order chi connectivity index (χ1) is 17.0. The van der Waals surface area contributed by atoms with Crippen molar-refractivity contribution in [3.05, 3.63) is 70.7 Å². The highest BCUT2D eigenvalue weighted by Gasteiger charge is 2.40. The molecule has 1 aromatic heterocycles. The smallest absolute Gasteiger partial charge is 0.255 e. The van der Waals surface area contributed by atoms with Crippen LogP contribution in [0, 0.1) is 5.82 Å². The first-order valence-corrected chi connectivity index (χ1v) is 12.2. The Morgan fingerprint density at radius 1 is 1.03 bits per heavy atom. The molecule has 0 aliphatic carbocycles. The largest absolute Gasteiger partial charge is 0.361 e. The summed E-state index contributed by atoms with van der Waals surface area (Å²) in [6.07, 6.45) is 4.16. The van der Waals surface area contributed by atoms with E-state index in [4.69, 9.17) is 0 Å². The van der Waals surface area contributed by atoms with Crippen LogP contribution in [-0.2, 0) is 22.7 Å². The van der Waals surface area contributed by atoms with Crippen molar-refractivity contribution < 1.29 is 18.8 Å². The molecular weight excluding hydrogens is 447 g/mol. The van der Waals surface area contributed by atoms with E-state index in [1.807, 2.05) is 12.3 Å². The van der Waals surface area contributed by atoms with Crippen molar-refractivity contribution in [3.8, 4) is 0 Å². The number of halogens is 1. The lowest BCUT2D eigenvalue weighted by molar-refractivity contribution is -0.136. The summed E-state index contributed by atoms with van der Waals surface area (Å²) in [5.74, 6) is -1.37. The number of carbonyl (C=O) groups is 3. The van der Waals surface area contributed by atoms with Crippen molar-refractivity contribution in [1.29, 1.82) is 0 Å². The van der Waals surface area contributed by atoms with Crippen LogP contribution in [-0.4, -0.2) is 51.6 Å². The predicted molar refractivity (Wildman–Crippen MR) is 128 cm³/mol. The van der Waals surface area contributed by atoms with Gasteiger partial charge in [-0.3, -0.25) is 24.6 Å². The molecule has 7 nitrogen and oxygen atoms in total. The fourth-order valence-corrected chi connectivity index (χ4v) is 5.85. The van der Waals surface area contributed by atoms with Gasteiger partial charge in [-0.1, -0.05) is 24.3 Å². The van der Waals surface area contributed by atoms with E-state index in [9.17, 15) is 14.4 Å². The molecule has 1 unspecified atom stereocenters. The molecule has 180 valence electrons. The third kappa shape index (κ3) is 3.91. The van der Waals surface area contributed by atoms with Crippen LogP contribution in [0.15, 0.2) is 42.6 Å². The van der Waals surface area contributed by atoms with E-state index >= 15 is 4.39 Å². The molecule has 2 fully saturated rings. The number of rotatable bonds is 4. The van der Waals surface area contributed by atoms with Gasteiger partial charge < -0.3 is 9.88 Å². The second-order valence-electron chi connectivity index (χ2n) is 9.84. The number of hydrogen-bond acceptors (Lipinski definition) is 4. The van der Waals surface area contributed by atoms with Gasteiger partial charge in [-0.05, 0) is 72.5 Å². The average molecular weight is 475 g/mol. The van der Waals surface area contributed by atoms with Gasteiger partial charge in [0.15, 0.2) is 0 Å². The van der Waals surface area contributed by atoms with Crippen molar-refractivity contribution in [1.82, 2.24) is 20.1 Å². The van der Waals surface area contributed by atoms with E-state index < -0.39 is 11.9 Å². The lowest BCUT2D eigenvalue weighted by Crippen LogP contribution is -2.52. The van der Waals surface area contributed by atoms with Gasteiger partial charge in [-0.2, -0.15) is 0 Å². The summed E-state index contributed by atoms with van der Waals surface area (Å²) in [4.78, 5) is 43.9. The van der Waals surface area contributed by atoms with E-state index in [0.29, 0.717) is 17.5 Å². The fourth-order valence-electron chi connectivity index (χ4n) is 5.85. The molecule has 2 N–H and O–H groups in total. The summed E-state index contributed by atoms with van der Waals surface area (Å²) < 4.78 is 15.2. The van der Waals surface area contributed by atoms with Gasteiger partial charge in [0.2, 0.25) is 11.8 Å². The zero-order valence-corrected chi connectivity index (χ0v) is 19.4. The molecule has 6 rings (SSSR count). The van der Waals surface area contributed by atoms with Crippen molar-refractivity contribution in [2.75, 3.05) is 13.1 Å². The van der Waals surface area contributed by atoms with Crippen molar-refractivity contribution in [3.63, 3.8) is 0 Å². The molecule has 2 saturated heterocycles. The maximum absolute atomic E-state index is 15.2. The number of hydrogen-bond donors (Lipinski definition) is 2. The highest BCUT2D eigenvalue weighted by atomic mass is 19.1. The Morgan fingerprint density at radius 2 is 1.86 bits per heavy atom. The molecular formula is C27H27FN4O3. The Hall–Kier alpha value is -3.52. The maximum atomic E-state index is 15.2. The second kappa shape index (κ2) is 8.61. The number of amides is 3. The SMILES string of the molecule is O=C1CCC(N2Cc3cc(C4CCN(Cc5cccc6cc[nH]c56)CC4)c(F)cc3C2=O)C(=O)N1. The molecule has 3 aliphatic rings. The number of imide groups is 1. The maximum Gasteiger partial charge on any atom is 0.255 e. The van der Waals surface area contributed by atoms with Gasteiger partial charge in [0.25, 0.3) is 5.91 Å². The molecule has 0 saturated carbocycles. The minimum Gasteiger partial charge on any atom is -0.361 e. The number of likely N-dealkylation sites (tertiary alicyclic amines) is 1. The van der Waals surface area contributed by atoms with Crippen LogP contribution < -0.4 is 5.32 Å². The van der Waals surface area contributed by atoms with Crippen LogP contribution in [0.2, 0.25) is 0 Å². The Morgan fingerprint density at radius 3 is 2.66 bits per heavy atom. The fraction of sp³-hybridized carbons (Fsp3) is 0.370. The number of aromatic nitrogens is 1. The van der Waals surface area contributed by atoms with Crippen molar-refractivity contribution >= 4 is 28.6 Å². The van der Waals surface area contributed by atoms with E-state index in [1.165, 1.54) is 27.4 Å². The summed E-state index contributed by atoms with van der Waals surface area (Å²) >= 11 is 0. The van der Waals surface area contributed by atoms with Gasteiger partial charge in [0.1, 0.15) is 11.9 Å². The molecule has 4 heterocycles. The minimum absolute atomic E-state index is 0.0950. The Kier molecular flexibility index (Phi) is 5.40. The number of nitrogens with zero attached hydrogens (tertiary/aromatic N) is 2. The van der Waals surface area contributed by atoms with E-state index in [1.54, 1.807) is 0 Å². The number of benzene rings is 2. The number of para-hydroxylation sites is 1. The van der Waals surface area contributed by atoms with Gasteiger partial charge in [0, 0.05) is 36.8 Å². The van der Waals surface area contributed by atoms with Crippen LogP contribution >= 0.6 is 0 Å². The Labute approximate surface area is 202 Å². The molecule has 8 heteroatoms. The van der Waals surface area contributed by atoms with E-state index in [-0.39, 0.29) is 36.5 Å². The van der Waals surface area contributed by atoms with Crippen molar-refractivity contribution in [2.24, 2.45) is 0 Å². The topological polar surface area (TPSA) is 85.5 Å². The highest BCUT2D eigenvalue weighted by molar-refractivity contribution is 6.05. The van der Waals surface area contributed by atoms with Gasteiger partial charge in [-0.25, -0.2) is 4.39 Å². The second-order valence-corrected chi connectivity index (χ2v) is 9.84. The van der Waals surface area contributed by atoms with Crippen LogP contribution in [0.4, 0.5) is 4.39 Å². The Balaban J connectivity index is 1.15. The summed E-state index contributed by atoms with van der Waals surface area (Å²) in [6.45, 7) is 2.87. The number of aromatic amines is 1. The van der Waals surface area contributed by atoms with Crippen LogP contribution in [0.5, 0.6) is 0 Å². The number of carbonyl (C=O) groups excluding carboxylic acids is 3. The summed E-state index contributed by atoms with van der Waals surface area (Å²) in [5.41, 5.74) is 4.18. The lowest BCUT2D eigenvalue weighted by Gasteiger charge is -2.32. The molecule has 0 radical (unpaired) electrons.